The predicted octanol–water partition coefficient (Wildman–Crippen LogP) is -2.81. The third-order valence-electron chi connectivity index (χ3n) is 0.558. The molecule has 0 heterocycles. The summed E-state index contributed by atoms with van der Waals surface area (Å²) in [7, 11) is 0. The molecular weight excluding hydrogens is 192 g/mol. The zero-order valence-corrected chi connectivity index (χ0v) is 5.73. The maximum Gasteiger partial charge on any atom is 0.424 e. The fourth-order valence-electron chi connectivity index (χ4n) is 0.282. The number of carbonyl (C=O) groups excluding carboxylic acids is 1. The van der Waals surface area contributed by atoms with E-state index in [4.69, 9.17) is 0 Å². The highest BCUT2D eigenvalue weighted by atomic mass is 19.1. The van der Waals surface area contributed by atoms with E-state index in [0.29, 0.717) is 0 Å². The first-order valence-electron chi connectivity index (χ1n) is 2.54. The van der Waals surface area contributed by atoms with Gasteiger partial charge >= 0.3 is 6.16 Å². The van der Waals surface area contributed by atoms with Gasteiger partial charge in [-0.15, -0.1) is 4.39 Å². The molecule has 0 aliphatic carbocycles. The van der Waals surface area contributed by atoms with Gasteiger partial charge in [0, 0.05) is 0 Å². The van der Waals surface area contributed by atoms with Crippen LogP contribution in [0.2, 0.25) is 0 Å². The van der Waals surface area contributed by atoms with Gasteiger partial charge in [0.25, 0.3) is 0 Å². The van der Waals surface area contributed by atoms with Crippen molar-refractivity contribution in [3.8, 4) is 0 Å². The highest BCUT2D eigenvalue weighted by Gasteiger charge is 1.88. The molecule has 1 amide bonds. The summed E-state index contributed by atoms with van der Waals surface area (Å²) in [6.07, 6.45) is -4.73. The van der Waals surface area contributed by atoms with Gasteiger partial charge in [-0.25, -0.2) is 19.2 Å². The van der Waals surface area contributed by atoms with Gasteiger partial charge in [-0.2, -0.15) is 4.99 Å². The van der Waals surface area contributed by atoms with Crippen molar-refractivity contribution in [2.24, 2.45) is 15.0 Å². The monoisotopic (exact) mass is 192 g/mol. The lowest BCUT2D eigenvalue weighted by Gasteiger charge is -2.08. The summed E-state index contributed by atoms with van der Waals surface area (Å²) in [4.78, 5) is 15.7. The lowest BCUT2D eigenvalue weighted by molar-refractivity contribution is -0.239. The molecule has 72 valence electrons. The first kappa shape index (κ1) is 10.9. The van der Waals surface area contributed by atoms with Crippen molar-refractivity contribution >= 4 is 24.4 Å². The Morgan fingerprint density at radius 2 is 1.38 bits per heavy atom. The average molecular weight is 192 g/mol. The van der Waals surface area contributed by atoms with E-state index < -0.39 is 24.4 Å². The van der Waals surface area contributed by atoms with Crippen molar-refractivity contribution in [2.75, 3.05) is 0 Å². The summed E-state index contributed by atoms with van der Waals surface area (Å²) in [6.45, 7) is 0. The third kappa shape index (κ3) is 6.34. The summed E-state index contributed by atoms with van der Waals surface area (Å²) in [5, 5.41) is 29.7. The summed E-state index contributed by atoms with van der Waals surface area (Å²) >= 11 is 0. The van der Waals surface area contributed by atoms with Crippen molar-refractivity contribution in [1.29, 1.82) is 0 Å². The molecule has 0 rings (SSSR count). The maximum atomic E-state index is 11.3. The van der Waals surface area contributed by atoms with Crippen LogP contribution in [0.5, 0.6) is 0 Å². The second-order valence-corrected chi connectivity index (χ2v) is 1.41. The van der Waals surface area contributed by atoms with Crippen molar-refractivity contribution in [3.63, 3.8) is 0 Å². The number of rotatable bonds is 0. The van der Waals surface area contributed by atoms with E-state index in [-0.39, 0.29) is 0 Å². The average Bonchev–Trinajstić information content (AvgIpc) is 1.80. The van der Waals surface area contributed by atoms with Crippen LogP contribution in [0.1, 0.15) is 0 Å². The first-order valence-corrected chi connectivity index (χ1v) is 2.54. The Bertz CT molecular complexity index is 294. The van der Waals surface area contributed by atoms with Crippen LogP contribution in [0.3, 0.4) is 0 Å². The largest absolute Gasteiger partial charge is 0.844 e. The number of amidine groups is 2. The van der Waals surface area contributed by atoms with Gasteiger partial charge in [0.2, 0.25) is 0 Å². The standard InChI is InChI=1S/C4H3F2N3O4/c5-1(10)7-3(12)9-4(13)8-2(6)11/h(H3,7,8,9,10,11,12,13)/p-3. The van der Waals surface area contributed by atoms with Crippen LogP contribution in [-0.4, -0.2) is 24.4 Å². The van der Waals surface area contributed by atoms with E-state index in [2.05, 4.69) is 4.99 Å². The molecule has 0 atom stereocenters. The molecule has 0 unspecified atom stereocenters. The molecule has 7 nitrogen and oxygen atoms in total. The van der Waals surface area contributed by atoms with Gasteiger partial charge in [-0.05, 0) is 0 Å². The molecule has 0 saturated heterocycles. The minimum Gasteiger partial charge on any atom is -0.844 e. The van der Waals surface area contributed by atoms with Crippen LogP contribution in [0.4, 0.5) is 13.6 Å². The molecule has 0 aromatic carbocycles. The number of halogens is 2. The van der Waals surface area contributed by atoms with Gasteiger partial charge in [-0.1, -0.05) is 0 Å². The molecule has 0 N–H and O–H groups in total. The lowest BCUT2D eigenvalue weighted by Crippen LogP contribution is -2.25. The molecule has 0 saturated carbocycles. The summed E-state index contributed by atoms with van der Waals surface area (Å²) in [5.41, 5.74) is 0. The fourth-order valence-corrected chi connectivity index (χ4v) is 0.282. The maximum absolute atomic E-state index is 11.3. The van der Waals surface area contributed by atoms with Gasteiger partial charge in [0.05, 0.1) is 12.0 Å². The number of aliphatic imine (C=N–C) groups is 3. The molecule has 9 heteroatoms. The summed E-state index contributed by atoms with van der Waals surface area (Å²) in [6, 6.07) is -3.61. The van der Waals surface area contributed by atoms with E-state index in [0.717, 1.165) is 0 Å². The van der Waals surface area contributed by atoms with Crippen LogP contribution in [0, 0.1) is 0 Å². The molecular formula is C4F2N3O4-3. The van der Waals surface area contributed by atoms with E-state index in [9.17, 15) is 28.9 Å². The summed E-state index contributed by atoms with van der Waals surface area (Å²) < 4.78 is 22.6. The van der Waals surface area contributed by atoms with Crippen LogP contribution in [0.25, 0.3) is 0 Å². The zero-order chi connectivity index (χ0) is 10.4. The topological polar surface area (TPSA) is 123 Å². The Morgan fingerprint density at radius 1 is 0.923 bits per heavy atom. The number of hydrogen-bond donors (Lipinski definition) is 0. The molecule has 13 heavy (non-hydrogen) atoms. The van der Waals surface area contributed by atoms with Crippen molar-refractivity contribution < 1.29 is 28.9 Å². The number of hydrogen-bond acceptors (Lipinski definition) is 4. The number of nitrogens with zero attached hydrogens (tertiary/aromatic N) is 3. The minimum atomic E-state index is -2.37. The Morgan fingerprint density at radius 3 is 1.77 bits per heavy atom. The Labute approximate surface area is 69.4 Å². The van der Waals surface area contributed by atoms with Crippen molar-refractivity contribution in [1.82, 2.24) is 0 Å². The number of amides is 1. The second-order valence-electron chi connectivity index (χ2n) is 1.41. The van der Waals surface area contributed by atoms with E-state index in [1.54, 1.807) is 0 Å². The first-order chi connectivity index (χ1) is 5.91. The molecule has 0 bridgehead atoms. The van der Waals surface area contributed by atoms with Gasteiger partial charge in [0.1, 0.15) is 6.15 Å². The highest BCUT2D eigenvalue weighted by molar-refractivity contribution is 5.93. The summed E-state index contributed by atoms with van der Waals surface area (Å²) in [5.74, 6) is 0. The highest BCUT2D eigenvalue weighted by Crippen LogP contribution is 1.82. The molecule has 0 aromatic heterocycles. The second kappa shape index (κ2) is 4.74. The molecule has 0 fully saturated rings. The normalized spacial score (nSPS) is 14.5. The van der Waals surface area contributed by atoms with Crippen molar-refractivity contribution in [2.45, 2.75) is 0 Å². The zero-order valence-electron chi connectivity index (χ0n) is 5.73. The third-order valence-corrected chi connectivity index (χ3v) is 0.558. The molecule has 0 aliphatic rings. The lowest BCUT2D eigenvalue weighted by atomic mass is 11.0. The number of carbonyl (C=O) groups is 1. The Hall–Kier alpha value is -2.06. The van der Waals surface area contributed by atoms with Crippen LogP contribution < -0.4 is 15.3 Å². The van der Waals surface area contributed by atoms with E-state index in [1.807, 2.05) is 9.98 Å². The minimum absolute atomic E-state index is 1.80. The quantitative estimate of drug-likeness (QED) is 0.178. The van der Waals surface area contributed by atoms with Crippen molar-refractivity contribution in [3.05, 3.63) is 0 Å². The van der Waals surface area contributed by atoms with Crippen LogP contribution in [-0.2, 0) is 0 Å². The fraction of sp³-hybridized carbons (Fsp3) is 0. The predicted molar refractivity (Wildman–Crippen MR) is 29.9 cm³/mol. The van der Waals surface area contributed by atoms with E-state index >= 15 is 0 Å². The van der Waals surface area contributed by atoms with Gasteiger partial charge < -0.3 is 15.3 Å². The molecule has 0 aromatic rings. The van der Waals surface area contributed by atoms with E-state index in [1.165, 1.54) is 0 Å². The van der Waals surface area contributed by atoms with Gasteiger partial charge in [-0.3, -0.25) is 0 Å². The molecule has 0 aliphatic heterocycles. The molecule has 0 spiro atoms. The molecule has 0 radical (unpaired) electrons. The Balaban J connectivity index is 4.57. The van der Waals surface area contributed by atoms with Gasteiger partial charge in [0.15, 0.2) is 0 Å². The smallest absolute Gasteiger partial charge is 0.424 e. The SMILES string of the molecule is O=C(F)/N=C([O-])/N=C([O-])/N=C(\[O-])F. The van der Waals surface area contributed by atoms with Crippen LogP contribution >= 0.6 is 0 Å². The Kier molecular flexibility index (Phi) is 3.99. The van der Waals surface area contributed by atoms with Crippen LogP contribution in [0.15, 0.2) is 15.0 Å².